The monoisotopic (exact) mass is 657 g/mol. The van der Waals surface area contributed by atoms with E-state index in [4.69, 9.17) is 10.5 Å². The molecule has 1 aromatic rings. The molecule has 1 aliphatic heterocycles. The normalized spacial score (nSPS) is 18.0. The van der Waals surface area contributed by atoms with E-state index in [9.17, 15) is 28.8 Å². The van der Waals surface area contributed by atoms with Crippen molar-refractivity contribution in [1.29, 1.82) is 0 Å². The number of nitrogens with two attached hydrogens (primary N) is 1. The highest BCUT2D eigenvalue weighted by molar-refractivity contribution is 6.37. The van der Waals surface area contributed by atoms with E-state index in [2.05, 4.69) is 16.0 Å². The number of nitrogens with zero attached hydrogens (tertiary/aromatic N) is 1. The molecule has 47 heavy (non-hydrogen) atoms. The van der Waals surface area contributed by atoms with Crippen LogP contribution < -0.4 is 21.7 Å². The SMILES string of the molecule is C1CCCCC1.CCC(C)CC(NC(=O)C1CCCN1C(=O)C(NC(=O)NCC(=O)OCc1ccccc1)C(C)(C)C)C(=O)C(N)=O. The van der Waals surface area contributed by atoms with Crippen LogP contribution in [0.4, 0.5) is 4.79 Å². The minimum Gasteiger partial charge on any atom is -0.460 e. The summed E-state index contributed by atoms with van der Waals surface area (Å²) in [6, 6.07) is 5.35. The van der Waals surface area contributed by atoms with Crippen LogP contribution in [-0.2, 0) is 35.3 Å². The number of rotatable bonds is 13. The first-order chi connectivity index (χ1) is 22.2. The first-order valence-electron chi connectivity index (χ1n) is 16.9. The van der Waals surface area contributed by atoms with Crippen LogP contribution >= 0.6 is 0 Å². The Balaban J connectivity index is 0.00000114. The van der Waals surface area contributed by atoms with Gasteiger partial charge in [-0.1, -0.05) is 110 Å². The summed E-state index contributed by atoms with van der Waals surface area (Å²) >= 11 is 0. The molecule has 1 saturated carbocycles. The Hall–Kier alpha value is -3.96. The Morgan fingerprint density at radius 3 is 2.06 bits per heavy atom. The van der Waals surface area contributed by atoms with E-state index in [0.717, 1.165) is 12.0 Å². The number of primary amides is 1. The van der Waals surface area contributed by atoms with Crippen molar-refractivity contribution in [3.63, 3.8) is 0 Å². The number of urea groups is 1. The van der Waals surface area contributed by atoms with Gasteiger partial charge in [-0.3, -0.25) is 24.0 Å². The third-order valence-corrected chi connectivity index (χ3v) is 8.57. The molecular formula is C35H55N5O7. The molecule has 12 nitrogen and oxygen atoms in total. The lowest BCUT2D eigenvalue weighted by Gasteiger charge is -2.35. The Morgan fingerprint density at radius 2 is 1.53 bits per heavy atom. The molecule has 1 aromatic carbocycles. The maximum absolute atomic E-state index is 13.7. The van der Waals surface area contributed by atoms with Crippen molar-refractivity contribution in [3.8, 4) is 0 Å². The molecule has 0 aromatic heterocycles. The number of amides is 5. The number of nitrogens with one attached hydrogen (secondary N) is 3. The molecule has 12 heteroatoms. The molecule has 1 saturated heterocycles. The minimum atomic E-state index is -1.13. The molecule has 2 fully saturated rings. The van der Waals surface area contributed by atoms with Crippen LogP contribution in [0, 0.1) is 11.3 Å². The summed E-state index contributed by atoms with van der Waals surface area (Å²) in [5.41, 5.74) is 5.26. The highest BCUT2D eigenvalue weighted by Crippen LogP contribution is 2.26. The van der Waals surface area contributed by atoms with Crippen molar-refractivity contribution in [2.24, 2.45) is 17.1 Å². The molecule has 5 amide bonds. The third kappa shape index (κ3) is 13.7. The number of hydrogen-bond acceptors (Lipinski definition) is 7. The van der Waals surface area contributed by atoms with E-state index in [-0.39, 0.29) is 25.5 Å². The second kappa shape index (κ2) is 19.6. The van der Waals surface area contributed by atoms with Crippen LogP contribution in [0.2, 0.25) is 0 Å². The van der Waals surface area contributed by atoms with Crippen molar-refractivity contribution in [1.82, 2.24) is 20.9 Å². The summed E-state index contributed by atoms with van der Waals surface area (Å²) in [5, 5.41) is 7.68. The first-order valence-corrected chi connectivity index (χ1v) is 16.9. The van der Waals surface area contributed by atoms with Gasteiger partial charge in [-0.15, -0.1) is 0 Å². The van der Waals surface area contributed by atoms with Gasteiger partial charge in [-0.25, -0.2) is 4.79 Å². The molecule has 1 heterocycles. The topological polar surface area (TPSA) is 177 Å². The van der Waals surface area contributed by atoms with Gasteiger partial charge in [0, 0.05) is 6.54 Å². The third-order valence-electron chi connectivity index (χ3n) is 8.57. The van der Waals surface area contributed by atoms with Gasteiger partial charge < -0.3 is 31.3 Å². The van der Waals surface area contributed by atoms with E-state index < -0.39 is 65.6 Å². The van der Waals surface area contributed by atoms with Gasteiger partial charge in [0.05, 0.1) is 6.04 Å². The van der Waals surface area contributed by atoms with Crippen molar-refractivity contribution >= 4 is 35.5 Å². The highest BCUT2D eigenvalue weighted by Gasteiger charge is 2.42. The lowest BCUT2D eigenvalue weighted by Crippen LogP contribution is -2.60. The van der Waals surface area contributed by atoms with Crippen molar-refractivity contribution in [3.05, 3.63) is 35.9 Å². The fourth-order valence-corrected chi connectivity index (χ4v) is 5.54. The fourth-order valence-electron chi connectivity index (χ4n) is 5.54. The molecular weight excluding hydrogens is 602 g/mol. The molecule has 0 spiro atoms. The molecule has 4 atom stereocenters. The van der Waals surface area contributed by atoms with E-state index >= 15 is 0 Å². The number of likely N-dealkylation sites (tertiary alicyclic amines) is 1. The van der Waals surface area contributed by atoms with Gasteiger partial charge in [-0.2, -0.15) is 0 Å². The van der Waals surface area contributed by atoms with E-state index in [1.807, 2.05) is 32.0 Å². The van der Waals surface area contributed by atoms with Crippen molar-refractivity contribution in [2.45, 2.75) is 124 Å². The van der Waals surface area contributed by atoms with Crippen molar-refractivity contribution < 1.29 is 33.5 Å². The van der Waals surface area contributed by atoms with Gasteiger partial charge in [0.25, 0.3) is 5.91 Å². The number of ketones is 1. The molecule has 1 aliphatic carbocycles. The molecule has 3 rings (SSSR count). The maximum Gasteiger partial charge on any atom is 0.325 e. The lowest BCUT2D eigenvalue weighted by atomic mass is 9.85. The van der Waals surface area contributed by atoms with Crippen LogP contribution in [0.3, 0.4) is 0 Å². The highest BCUT2D eigenvalue weighted by atomic mass is 16.5. The summed E-state index contributed by atoms with van der Waals surface area (Å²) in [5.74, 6) is -3.65. The lowest BCUT2D eigenvalue weighted by molar-refractivity contribution is -0.143. The summed E-state index contributed by atoms with van der Waals surface area (Å²) in [6.45, 7) is 9.07. The summed E-state index contributed by atoms with van der Waals surface area (Å²) in [6.07, 6.45) is 10.9. The Labute approximate surface area is 279 Å². The Bertz CT molecular complexity index is 1180. The van der Waals surface area contributed by atoms with E-state index in [0.29, 0.717) is 12.8 Å². The summed E-state index contributed by atoms with van der Waals surface area (Å²) in [4.78, 5) is 77.0. The quantitative estimate of drug-likeness (QED) is 0.184. The fraction of sp³-hybridized carbons (Fsp3) is 0.657. The predicted molar refractivity (Wildman–Crippen MR) is 179 cm³/mol. The first kappa shape index (κ1) is 39.2. The number of esters is 1. The smallest absolute Gasteiger partial charge is 0.325 e. The zero-order chi connectivity index (χ0) is 35.0. The van der Waals surface area contributed by atoms with Crippen LogP contribution in [0.5, 0.6) is 0 Å². The predicted octanol–water partition coefficient (Wildman–Crippen LogP) is 3.75. The number of benzene rings is 1. The standard InChI is InChI=1S/C29H43N5O7.C6H12/c1-6-18(2)15-20(23(36)25(30)37)32-26(38)21-13-10-14-34(21)27(39)24(29(3,4)5)33-28(40)31-16-22(35)41-17-19-11-8-7-9-12-19;1-2-4-6-5-3-1/h7-9,11-12,18,20-21,24H,6,10,13-17H2,1-5H3,(H2,30,37)(H,32,38)(H2,31,33,40);1-6H2. The molecule has 4 unspecified atom stereocenters. The molecule has 5 N–H and O–H groups in total. The van der Waals surface area contributed by atoms with Gasteiger partial charge >= 0.3 is 12.0 Å². The van der Waals surface area contributed by atoms with Gasteiger partial charge in [0.1, 0.15) is 25.2 Å². The van der Waals surface area contributed by atoms with Gasteiger partial charge in [0.15, 0.2) is 0 Å². The second-order valence-corrected chi connectivity index (χ2v) is 13.6. The number of ether oxygens (including phenoxy) is 1. The van der Waals surface area contributed by atoms with Gasteiger partial charge in [0.2, 0.25) is 17.6 Å². The number of carbonyl (C=O) groups excluding carboxylic acids is 6. The number of Topliss-reactive ketones (excluding diaryl/α,β-unsaturated/α-hetero) is 1. The number of hydrogen-bond donors (Lipinski definition) is 4. The van der Waals surface area contributed by atoms with Crippen molar-refractivity contribution in [2.75, 3.05) is 13.1 Å². The zero-order valence-corrected chi connectivity index (χ0v) is 28.8. The molecule has 0 radical (unpaired) electrons. The average Bonchev–Trinajstić information content (AvgIpc) is 3.55. The van der Waals surface area contributed by atoms with Gasteiger partial charge in [-0.05, 0) is 36.2 Å². The van der Waals surface area contributed by atoms with E-state index in [1.165, 1.54) is 43.4 Å². The largest absolute Gasteiger partial charge is 0.460 e. The summed E-state index contributed by atoms with van der Waals surface area (Å²) in [7, 11) is 0. The summed E-state index contributed by atoms with van der Waals surface area (Å²) < 4.78 is 5.16. The molecule has 0 bridgehead atoms. The molecule has 2 aliphatic rings. The molecule has 262 valence electrons. The van der Waals surface area contributed by atoms with Crippen LogP contribution in [0.1, 0.15) is 104 Å². The van der Waals surface area contributed by atoms with Crippen LogP contribution in [0.15, 0.2) is 30.3 Å². The second-order valence-electron chi connectivity index (χ2n) is 13.6. The average molecular weight is 658 g/mol. The minimum absolute atomic E-state index is 0.0496. The number of carbonyl (C=O) groups is 6. The van der Waals surface area contributed by atoms with E-state index in [1.54, 1.807) is 32.9 Å². The Kier molecular flexibility index (Phi) is 16.4. The Morgan fingerprint density at radius 1 is 0.936 bits per heavy atom. The zero-order valence-electron chi connectivity index (χ0n) is 28.8. The van der Waals surface area contributed by atoms with Crippen LogP contribution in [-0.4, -0.2) is 71.6 Å². The van der Waals surface area contributed by atoms with Crippen LogP contribution in [0.25, 0.3) is 0 Å². The maximum atomic E-state index is 13.7.